The maximum atomic E-state index is 13.7. The topological polar surface area (TPSA) is 29.9 Å². The van der Waals surface area contributed by atoms with Crippen LogP contribution < -0.4 is 5.32 Å². The molecule has 0 aliphatic carbocycles. The van der Waals surface area contributed by atoms with Crippen molar-refractivity contribution in [1.82, 2.24) is 9.78 Å². The Bertz CT molecular complexity index is 556. The van der Waals surface area contributed by atoms with Crippen molar-refractivity contribution >= 4 is 30.0 Å². The molecular formula is C12H13ClFN3S. The van der Waals surface area contributed by atoms with E-state index in [0.717, 1.165) is 5.56 Å². The summed E-state index contributed by atoms with van der Waals surface area (Å²) >= 11 is 10.2. The molecule has 96 valence electrons. The minimum absolute atomic E-state index is 0.306. The Morgan fingerprint density at radius 3 is 2.94 bits per heavy atom. The Morgan fingerprint density at radius 2 is 2.22 bits per heavy atom. The molecule has 0 fully saturated rings. The smallest absolute Gasteiger partial charge is 0.148 e. The number of anilines is 1. The zero-order valence-electron chi connectivity index (χ0n) is 9.82. The van der Waals surface area contributed by atoms with Crippen LogP contribution in [0.2, 0.25) is 5.02 Å². The van der Waals surface area contributed by atoms with Crippen molar-refractivity contribution in [3.8, 4) is 0 Å². The number of nitrogens with one attached hydrogen (secondary N) is 1. The average molecular weight is 286 g/mol. The first kappa shape index (κ1) is 13.2. The highest BCUT2D eigenvalue weighted by Gasteiger charge is 2.11. The highest BCUT2D eigenvalue weighted by atomic mass is 35.5. The molecule has 2 aromatic rings. The quantitative estimate of drug-likeness (QED) is 0.667. The number of aryl methyl sites for hydroxylation is 1. The summed E-state index contributed by atoms with van der Waals surface area (Å²) in [6.07, 6.45) is 1.77. The zero-order chi connectivity index (χ0) is 13.1. The summed E-state index contributed by atoms with van der Waals surface area (Å²) in [5.74, 6) is 0.885. The van der Waals surface area contributed by atoms with Crippen LogP contribution in [0, 0.1) is 12.7 Å². The van der Waals surface area contributed by atoms with Gasteiger partial charge in [0.15, 0.2) is 0 Å². The molecule has 1 N–H and O–H groups in total. The molecule has 0 saturated carbocycles. The molecule has 0 amide bonds. The van der Waals surface area contributed by atoms with Gasteiger partial charge in [-0.05, 0) is 18.6 Å². The molecule has 2 rings (SSSR count). The van der Waals surface area contributed by atoms with E-state index in [1.807, 2.05) is 6.92 Å². The van der Waals surface area contributed by atoms with E-state index >= 15 is 0 Å². The van der Waals surface area contributed by atoms with E-state index in [0.29, 0.717) is 28.8 Å². The second kappa shape index (κ2) is 5.63. The normalized spacial score (nSPS) is 10.7. The first-order valence-corrected chi connectivity index (χ1v) is 6.44. The van der Waals surface area contributed by atoms with Gasteiger partial charge in [-0.1, -0.05) is 17.7 Å². The molecule has 0 atom stereocenters. The van der Waals surface area contributed by atoms with Gasteiger partial charge < -0.3 is 5.32 Å². The van der Waals surface area contributed by atoms with Crippen LogP contribution >= 0.6 is 24.2 Å². The van der Waals surface area contributed by atoms with E-state index < -0.39 is 0 Å². The van der Waals surface area contributed by atoms with Crippen LogP contribution in [0.1, 0.15) is 11.1 Å². The van der Waals surface area contributed by atoms with Gasteiger partial charge >= 0.3 is 0 Å². The molecule has 6 heteroatoms. The fourth-order valence-electron chi connectivity index (χ4n) is 1.65. The minimum Gasteiger partial charge on any atom is -0.360 e. The molecule has 0 bridgehead atoms. The van der Waals surface area contributed by atoms with Crippen molar-refractivity contribution in [3.05, 3.63) is 46.4 Å². The summed E-state index contributed by atoms with van der Waals surface area (Å²) in [6.45, 7) is 2.16. The van der Waals surface area contributed by atoms with Crippen LogP contribution in [0.4, 0.5) is 10.2 Å². The van der Waals surface area contributed by atoms with Crippen LogP contribution in [0.3, 0.4) is 0 Å². The molecular weight excluding hydrogens is 273 g/mol. The highest BCUT2D eigenvalue weighted by Crippen LogP contribution is 2.24. The minimum atomic E-state index is -0.315. The maximum Gasteiger partial charge on any atom is 0.148 e. The number of rotatable bonds is 4. The van der Waals surface area contributed by atoms with Crippen molar-refractivity contribution in [3.63, 3.8) is 0 Å². The van der Waals surface area contributed by atoms with Gasteiger partial charge in [-0.3, -0.25) is 4.68 Å². The van der Waals surface area contributed by atoms with Gasteiger partial charge in [0.25, 0.3) is 0 Å². The van der Waals surface area contributed by atoms with Crippen LogP contribution in [0.5, 0.6) is 0 Å². The Hall–Kier alpha value is -1.20. The Kier molecular flexibility index (Phi) is 4.14. The third kappa shape index (κ3) is 2.79. The first-order chi connectivity index (χ1) is 8.61. The molecule has 0 unspecified atom stereocenters. The summed E-state index contributed by atoms with van der Waals surface area (Å²) in [5.41, 5.74) is 1.31. The third-order valence-electron chi connectivity index (χ3n) is 2.60. The molecule has 1 aromatic carbocycles. The lowest BCUT2D eigenvalue weighted by molar-refractivity contribution is 0.585. The highest BCUT2D eigenvalue weighted by molar-refractivity contribution is 7.80. The predicted octanol–water partition coefficient (Wildman–Crippen LogP) is 3.33. The second-order valence-electron chi connectivity index (χ2n) is 3.89. The SMILES string of the molecule is Cc1ccc(F)c(Cn2ccc(NCS)n2)c1Cl. The van der Waals surface area contributed by atoms with Crippen LogP contribution in [-0.2, 0) is 6.54 Å². The monoisotopic (exact) mass is 285 g/mol. The fraction of sp³-hybridized carbons (Fsp3) is 0.250. The largest absolute Gasteiger partial charge is 0.360 e. The Morgan fingerprint density at radius 1 is 1.44 bits per heavy atom. The first-order valence-electron chi connectivity index (χ1n) is 5.43. The molecule has 0 saturated heterocycles. The molecule has 0 radical (unpaired) electrons. The molecule has 1 aromatic heterocycles. The number of aromatic nitrogens is 2. The molecule has 1 heterocycles. The molecule has 0 aliphatic rings. The van der Waals surface area contributed by atoms with Gasteiger partial charge in [0.1, 0.15) is 11.6 Å². The van der Waals surface area contributed by atoms with E-state index in [1.165, 1.54) is 6.07 Å². The van der Waals surface area contributed by atoms with E-state index in [-0.39, 0.29) is 5.82 Å². The van der Waals surface area contributed by atoms with Gasteiger partial charge in [0, 0.05) is 17.8 Å². The van der Waals surface area contributed by atoms with Crippen molar-refractivity contribution < 1.29 is 4.39 Å². The lowest BCUT2D eigenvalue weighted by Gasteiger charge is -2.08. The summed E-state index contributed by atoms with van der Waals surface area (Å²) in [4.78, 5) is 0. The summed E-state index contributed by atoms with van der Waals surface area (Å²) < 4.78 is 15.4. The summed E-state index contributed by atoms with van der Waals surface area (Å²) in [5, 5.41) is 7.65. The van der Waals surface area contributed by atoms with Crippen LogP contribution in [0.15, 0.2) is 24.4 Å². The van der Waals surface area contributed by atoms with Crippen LogP contribution in [0.25, 0.3) is 0 Å². The molecule has 0 aliphatic heterocycles. The number of thiol groups is 1. The van der Waals surface area contributed by atoms with Gasteiger partial charge in [-0.2, -0.15) is 17.7 Å². The lowest BCUT2D eigenvalue weighted by atomic mass is 10.1. The van der Waals surface area contributed by atoms with Crippen LogP contribution in [-0.4, -0.2) is 15.7 Å². The average Bonchev–Trinajstić information content (AvgIpc) is 2.78. The van der Waals surface area contributed by atoms with Crippen molar-refractivity contribution in [2.75, 3.05) is 11.2 Å². The summed E-state index contributed by atoms with van der Waals surface area (Å²) in [6, 6.07) is 4.89. The zero-order valence-corrected chi connectivity index (χ0v) is 11.5. The number of benzene rings is 1. The Balaban J connectivity index is 2.25. The van der Waals surface area contributed by atoms with Crippen molar-refractivity contribution in [2.24, 2.45) is 0 Å². The summed E-state index contributed by atoms with van der Waals surface area (Å²) in [7, 11) is 0. The number of hydrogen-bond donors (Lipinski definition) is 2. The molecule has 18 heavy (non-hydrogen) atoms. The van der Waals surface area contributed by atoms with E-state index in [1.54, 1.807) is 23.0 Å². The fourth-order valence-corrected chi connectivity index (χ4v) is 2.02. The number of nitrogens with zero attached hydrogens (tertiary/aromatic N) is 2. The Labute approximate surface area is 115 Å². The van der Waals surface area contributed by atoms with Gasteiger partial charge in [-0.25, -0.2) is 4.39 Å². The number of halogens is 2. The number of hydrogen-bond acceptors (Lipinski definition) is 3. The van der Waals surface area contributed by atoms with Crippen molar-refractivity contribution in [2.45, 2.75) is 13.5 Å². The molecule has 0 spiro atoms. The maximum absolute atomic E-state index is 13.7. The lowest BCUT2D eigenvalue weighted by Crippen LogP contribution is -2.05. The van der Waals surface area contributed by atoms with E-state index in [9.17, 15) is 4.39 Å². The predicted molar refractivity (Wildman–Crippen MR) is 75.0 cm³/mol. The van der Waals surface area contributed by atoms with Crippen molar-refractivity contribution in [1.29, 1.82) is 0 Å². The standard InChI is InChI=1S/C12H13ClFN3S/c1-8-2-3-10(14)9(12(8)13)6-17-5-4-11(16-17)15-7-18/h2-5,18H,6-7H2,1H3,(H,15,16). The van der Waals surface area contributed by atoms with Gasteiger partial charge in [0.2, 0.25) is 0 Å². The van der Waals surface area contributed by atoms with Gasteiger partial charge in [-0.15, -0.1) is 0 Å². The second-order valence-corrected chi connectivity index (χ2v) is 4.58. The van der Waals surface area contributed by atoms with E-state index in [4.69, 9.17) is 11.6 Å². The third-order valence-corrected chi connectivity index (χ3v) is 3.28. The van der Waals surface area contributed by atoms with Gasteiger partial charge in [0.05, 0.1) is 17.4 Å². The van der Waals surface area contributed by atoms with E-state index in [2.05, 4.69) is 23.0 Å². The molecule has 3 nitrogen and oxygen atoms in total.